The van der Waals surface area contributed by atoms with E-state index in [2.05, 4.69) is 17.1 Å². The highest BCUT2D eigenvalue weighted by molar-refractivity contribution is 6.30. The number of aromatic nitrogens is 1. The number of aliphatic hydroxyl groups excluding tert-OH is 1. The molecule has 0 fully saturated rings. The highest BCUT2D eigenvalue weighted by atomic mass is 35.5. The first kappa shape index (κ1) is 11.4. The van der Waals surface area contributed by atoms with E-state index in [9.17, 15) is 5.11 Å². The van der Waals surface area contributed by atoms with Crippen LogP contribution in [0.1, 0.15) is 29.7 Å². The molecule has 0 unspecified atom stereocenters. The van der Waals surface area contributed by atoms with Gasteiger partial charge >= 0.3 is 0 Å². The van der Waals surface area contributed by atoms with Crippen LogP contribution in [0.4, 0.5) is 0 Å². The van der Waals surface area contributed by atoms with Gasteiger partial charge in [0.25, 0.3) is 0 Å². The van der Waals surface area contributed by atoms with Crippen molar-refractivity contribution in [2.75, 3.05) is 0 Å². The summed E-state index contributed by atoms with van der Waals surface area (Å²) in [7, 11) is 0. The van der Waals surface area contributed by atoms with Crippen molar-refractivity contribution in [2.24, 2.45) is 0 Å². The van der Waals surface area contributed by atoms with Crippen molar-refractivity contribution in [1.29, 1.82) is 0 Å². The summed E-state index contributed by atoms with van der Waals surface area (Å²) in [6, 6.07) is 6.04. The standard InChI is InChI=1S/C13H14ClNO/c1-7-4-8(2)12-10(5-7)6-11(9(3)16)13(14)15-12/h4-6,9,16H,1-3H3/t9-/m0/s1. The Bertz CT molecular complexity index is 549. The summed E-state index contributed by atoms with van der Waals surface area (Å²) in [4.78, 5) is 4.34. The maximum absolute atomic E-state index is 9.58. The third kappa shape index (κ3) is 1.91. The normalized spacial score (nSPS) is 13.1. The second kappa shape index (κ2) is 4.04. The molecule has 1 aromatic heterocycles. The zero-order valence-corrected chi connectivity index (χ0v) is 10.3. The van der Waals surface area contributed by atoms with Gasteiger partial charge in [0.15, 0.2) is 0 Å². The molecule has 3 heteroatoms. The number of pyridine rings is 1. The Balaban J connectivity index is 2.79. The molecule has 84 valence electrons. The topological polar surface area (TPSA) is 33.1 Å². The van der Waals surface area contributed by atoms with E-state index in [0.29, 0.717) is 10.7 Å². The molecular formula is C13H14ClNO. The summed E-state index contributed by atoms with van der Waals surface area (Å²) < 4.78 is 0. The van der Waals surface area contributed by atoms with E-state index in [1.165, 1.54) is 5.56 Å². The molecule has 0 aliphatic rings. The van der Waals surface area contributed by atoms with Crippen LogP contribution in [0.15, 0.2) is 18.2 Å². The molecule has 2 rings (SSSR count). The van der Waals surface area contributed by atoms with Crippen molar-refractivity contribution in [1.82, 2.24) is 4.98 Å². The van der Waals surface area contributed by atoms with Crippen LogP contribution in [-0.4, -0.2) is 10.1 Å². The lowest BCUT2D eigenvalue weighted by Crippen LogP contribution is -1.96. The van der Waals surface area contributed by atoms with Gasteiger partial charge in [0.2, 0.25) is 0 Å². The Hall–Kier alpha value is -1.12. The molecular weight excluding hydrogens is 222 g/mol. The number of halogens is 1. The van der Waals surface area contributed by atoms with Crippen LogP contribution in [0, 0.1) is 13.8 Å². The number of hydrogen-bond donors (Lipinski definition) is 1. The molecule has 0 aliphatic heterocycles. The maximum Gasteiger partial charge on any atom is 0.135 e. The zero-order chi connectivity index (χ0) is 11.9. The molecule has 0 bridgehead atoms. The molecule has 0 saturated carbocycles. The largest absolute Gasteiger partial charge is 0.389 e. The van der Waals surface area contributed by atoms with Crippen LogP contribution < -0.4 is 0 Å². The Morgan fingerprint density at radius 2 is 1.94 bits per heavy atom. The number of hydrogen-bond acceptors (Lipinski definition) is 2. The van der Waals surface area contributed by atoms with E-state index in [1.807, 2.05) is 19.9 Å². The van der Waals surface area contributed by atoms with Crippen molar-refractivity contribution in [3.05, 3.63) is 40.0 Å². The van der Waals surface area contributed by atoms with E-state index in [0.717, 1.165) is 16.5 Å². The number of benzene rings is 1. The molecule has 0 saturated heterocycles. The number of nitrogens with zero attached hydrogens (tertiary/aromatic N) is 1. The van der Waals surface area contributed by atoms with E-state index < -0.39 is 6.10 Å². The Labute approximate surface area is 99.9 Å². The molecule has 1 N–H and O–H groups in total. The highest BCUT2D eigenvalue weighted by Gasteiger charge is 2.10. The fraction of sp³-hybridized carbons (Fsp3) is 0.308. The summed E-state index contributed by atoms with van der Waals surface area (Å²) in [6.45, 7) is 5.75. The van der Waals surface area contributed by atoms with Gasteiger partial charge in [-0.15, -0.1) is 0 Å². The summed E-state index contributed by atoms with van der Waals surface area (Å²) >= 11 is 6.04. The summed E-state index contributed by atoms with van der Waals surface area (Å²) in [5.74, 6) is 0. The van der Waals surface area contributed by atoms with Gasteiger partial charge in [-0.1, -0.05) is 23.2 Å². The van der Waals surface area contributed by atoms with E-state index in [-0.39, 0.29) is 0 Å². The van der Waals surface area contributed by atoms with Crippen molar-refractivity contribution < 1.29 is 5.11 Å². The average molecular weight is 236 g/mol. The maximum atomic E-state index is 9.58. The van der Waals surface area contributed by atoms with Gasteiger partial charge in [-0.2, -0.15) is 0 Å². The molecule has 1 heterocycles. The van der Waals surface area contributed by atoms with Gasteiger partial charge < -0.3 is 5.11 Å². The third-order valence-corrected chi connectivity index (χ3v) is 2.99. The van der Waals surface area contributed by atoms with Crippen LogP contribution in [0.3, 0.4) is 0 Å². The van der Waals surface area contributed by atoms with Crippen molar-refractivity contribution in [3.8, 4) is 0 Å². The Morgan fingerprint density at radius 3 is 2.56 bits per heavy atom. The van der Waals surface area contributed by atoms with E-state index >= 15 is 0 Å². The second-order valence-corrected chi connectivity index (χ2v) is 4.56. The van der Waals surface area contributed by atoms with Crippen molar-refractivity contribution in [3.63, 3.8) is 0 Å². The van der Waals surface area contributed by atoms with Crippen molar-refractivity contribution in [2.45, 2.75) is 26.9 Å². The first-order chi connectivity index (χ1) is 7.49. The monoisotopic (exact) mass is 235 g/mol. The highest BCUT2D eigenvalue weighted by Crippen LogP contribution is 2.27. The second-order valence-electron chi connectivity index (χ2n) is 4.20. The first-order valence-electron chi connectivity index (χ1n) is 5.24. The Morgan fingerprint density at radius 1 is 1.25 bits per heavy atom. The number of rotatable bonds is 1. The minimum Gasteiger partial charge on any atom is -0.389 e. The van der Waals surface area contributed by atoms with Gasteiger partial charge in [0, 0.05) is 10.9 Å². The number of aryl methyl sites for hydroxylation is 2. The zero-order valence-electron chi connectivity index (χ0n) is 9.58. The SMILES string of the molecule is Cc1cc(C)c2nc(Cl)c([C@H](C)O)cc2c1. The molecule has 1 aromatic carbocycles. The van der Waals surface area contributed by atoms with Crippen LogP contribution in [0.2, 0.25) is 5.15 Å². The lowest BCUT2D eigenvalue weighted by molar-refractivity contribution is 0.199. The molecule has 0 aliphatic carbocycles. The van der Waals surface area contributed by atoms with Crippen LogP contribution in [0.25, 0.3) is 10.9 Å². The quantitative estimate of drug-likeness (QED) is 0.767. The molecule has 1 atom stereocenters. The fourth-order valence-corrected chi connectivity index (χ4v) is 2.24. The fourth-order valence-electron chi connectivity index (χ4n) is 1.94. The van der Waals surface area contributed by atoms with Gasteiger partial charge in [-0.25, -0.2) is 4.98 Å². The first-order valence-corrected chi connectivity index (χ1v) is 5.62. The minimum absolute atomic E-state index is 0.384. The lowest BCUT2D eigenvalue weighted by atomic mass is 10.0. The molecule has 2 nitrogen and oxygen atoms in total. The van der Waals surface area contributed by atoms with Crippen LogP contribution in [0.5, 0.6) is 0 Å². The molecule has 16 heavy (non-hydrogen) atoms. The minimum atomic E-state index is -0.592. The van der Waals surface area contributed by atoms with Gasteiger partial charge in [-0.05, 0) is 38.5 Å². The molecule has 0 radical (unpaired) electrons. The number of aliphatic hydroxyl groups is 1. The molecule has 2 aromatic rings. The predicted octanol–water partition coefficient (Wildman–Crippen LogP) is 3.56. The predicted molar refractivity (Wildman–Crippen MR) is 66.9 cm³/mol. The van der Waals surface area contributed by atoms with E-state index in [1.54, 1.807) is 6.92 Å². The Kier molecular flexibility index (Phi) is 2.87. The van der Waals surface area contributed by atoms with Crippen LogP contribution >= 0.6 is 11.6 Å². The number of fused-ring (bicyclic) bond motifs is 1. The van der Waals surface area contributed by atoms with Crippen molar-refractivity contribution >= 4 is 22.5 Å². The van der Waals surface area contributed by atoms with Gasteiger partial charge in [0.1, 0.15) is 5.15 Å². The average Bonchev–Trinajstić information content (AvgIpc) is 2.18. The summed E-state index contributed by atoms with van der Waals surface area (Å²) in [6.07, 6.45) is -0.592. The summed E-state index contributed by atoms with van der Waals surface area (Å²) in [5, 5.41) is 11.0. The molecule has 0 spiro atoms. The molecule has 0 amide bonds. The van der Waals surface area contributed by atoms with E-state index in [4.69, 9.17) is 11.6 Å². The van der Waals surface area contributed by atoms with Crippen LogP contribution in [-0.2, 0) is 0 Å². The van der Waals surface area contributed by atoms with Gasteiger partial charge in [-0.3, -0.25) is 0 Å². The third-order valence-electron chi connectivity index (χ3n) is 2.68. The summed E-state index contributed by atoms with van der Waals surface area (Å²) in [5.41, 5.74) is 3.87. The smallest absolute Gasteiger partial charge is 0.135 e. The van der Waals surface area contributed by atoms with Gasteiger partial charge in [0.05, 0.1) is 11.6 Å². The lowest BCUT2D eigenvalue weighted by Gasteiger charge is -2.10.